The molecule has 0 spiro atoms. The number of nitrogens with zero attached hydrogens (tertiary/aromatic N) is 2. The van der Waals surface area contributed by atoms with Gasteiger partial charge in [-0.1, -0.05) is 22.0 Å². The predicted octanol–water partition coefficient (Wildman–Crippen LogP) is 1.73. The fraction of sp³-hybridized carbons (Fsp3) is 0.364. The molecule has 0 N–H and O–H groups in total. The average molecular weight is 269 g/mol. The molecule has 1 aliphatic heterocycles. The van der Waals surface area contributed by atoms with E-state index in [0.29, 0.717) is 0 Å². The van der Waals surface area contributed by atoms with Crippen LogP contribution >= 0.6 is 15.9 Å². The molecule has 1 heterocycles. The summed E-state index contributed by atoms with van der Waals surface area (Å²) < 4.78 is 1.10. The number of rotatable bonds is 2. The maximum Gasteiger partial charge on any atom is 0.209 e. The van der Waals surface area contributed by atoms with Crippen molar-refractivity contribution in [2.45, 2.75) is 0 Å². The van der Waals surface area contributed by atoms with Crippen molar-refractivity contribution >= 4 is 28.0 Å². The van der Waals surface area contributed by atoms with Crippen LogP contribution in [-0.2, 0) is 4.79 Å². The molecule has 0 aliphatic carbocycles. The van der Waals surface area contributed by atoms with Gasteiger partial charge in [-0.05, 0) is 18.2 Å². The van der Waals surface area contributed by atoms with Crippen LogP contribution in [0.15, 0.2) is 28.7 Å². The van der Waals surface area contributed by atoms with E-state index in [1.54, 1.807) is 0 Å². The van der Waals surface area contributed by atoms with E-state index in [1.165, 1.54) is 5.69 Å². The monoisotopic (exact) mass is 268 g/mol. The van der Waals surface area contributed by atoms with E-state index in [0.717, 1.165) is 37.1 Å². The fourth-order valence-electron chi connectivity index (χ4n) is 1.76. The lowest BCUT2D eigenvalue weighted by molar-refractivity contribution is -0.118. The summed E-state index contributed by atoms with van der Waals surface area (Å²) in [5.74, 6) is 0. The molecule has 0 atom stereocenters. The molecular weight excluding hydrogens is 256 g/mol. The Morgan fingerprint density at radius 1 is 1.20 bits per heavy atom. The normalized spacial score (nSPS) is 16.6. The fourth-order valence-corrected chi connectivity index (χ4v) is 2.15. The molecule has 1 amide bonds. The standard InChI is InChI=1S/C11H13BrN2O/c12-10-2-1-3-11(8-10)14-6-4-13(9-15)5-7-14/h1-3,8-9H,4-7H2. The maximum atomic E-state index is 10.6. The minimum absolute atomic E-state index is 0.815. The summed E-state index contributed by atoms with van der Waals surface area (Å²) in [6.07, 6.45) is 0.929. The summed E-state index contributed by atoms with van der Waals surface area (Å²) in [4.78, 5) is 14.7. The molecule has 1 aliphatic rings. The van der Waals surface area contributed by atoms with Gasteiger partial charge in [0.25, 0.3) is 0 Å². The molecule has 4 heteroatoms. The minimum atomic E-state index is 0.815. The molecule has 1 saturated heterocycles. The third kappa shape index (κ3) is 2.50. The first kappa shape index (κ1) is 10.5. The van der Waals surface area contributed by atoms with E-state index < -0.39 is 0 Å². The average Bonchev–Trinajstić information content (AvgIpc) is 2.29. The molecule has 0 saturated carbocycles. The Kier molecular flexibility index (Phi) is 3.26. The number of carbonyl (C=O) groups excluding carboxylic acids is 1. The van der Waals surface area contributed by atoms with E-state index in [9.17, 15) is 4.79 Å². The minimum Gasteiger partial charge on any atom is -0.368 e. The van der Waals surface area contributed by atoms with Crippen LogP contribution in [0.2, 0.25) is 0 Å². The Hall–Kier alpha value is -1.03. The second-order valence-electron chi connectivity index (χ2n) is 3.61. The number of benzene rings is 1. The molecule has 15 heavy (non-hydrogen) atoms. The van der Waals surface area contributed by atoms with E-state index in [-0.39, 0.29) is 0 Å². The third-order valence-electron chi connectivity index (χ3n) is 2.64. The SMILES string of the molecule is O=CN1CCN(c2cccc(Br)c2)CC1. The summed E-state index contributed by atoms with van der Waals surface area (Å²) in [7, 11) is 0. The van der Waals surface area contributed by atoms with E-state index in [2.05, 4.69) is 33.0 Å². The molecule has 2 rings (SSSR count). The van der Waals surface area contributed by atoms with Crippen LogP contribution in [0.25, 0.3) is 0 Å². The molecular formula is C11H13BrN2O. The molecule has 0 unspecified atom stereocenters. The summed E-state index contributed by atoms with van der Waals surface area (Å²) >= 11 is 3.46. The van der Waals surface area contributed by atoms with Gasteiger partial charge in [-0.3, -0.25) is 4.79 Å². The van der Waals surface area contributed by atoms with E-state index in [1.807, 2.05) is 17.0 Å². The number of hydrogen-bond acceptors (Lipinski definition) is 2. The molecule has 80 valence electrons. The van der Waals surface area contributed by atoms with Crippen molar-refractivity contribution in [2.24, 2.45) is 0 Å². The van der Waals surface area contributed by atoms with E-state index >= 15 is 0 Å². The highest BCUT2D eigenvalue weighted by Gasteiger charge is 2.15. The second-order valence-corrected chi connectivity index (χ2v) is 4.52. The molecule has 3 nitrogen and oxygen atoms in total. The van der Waals surface area contributed by atoms with Gasteiger partial charge < -0.3 is 9.80 Å². The van der Waals surface area contributed by atoms with Gasteiger partial charge in [0.2, 0.25) is 6.41 Å². The van der Waals surface area contributed by atoms with Crippen molar-refractivity contribution in [1.29, 1.82) is 0 Å². The molecule has 0 aromatic heterocycles. The van der Waals surface area contributed by atoms with Gasteiger partial charge >= 0.3 is 0 Å². The largest absolute Gasteiger partial charge is 0.368 e. The van der Waals surface area contributed by atoms with Crippen LogP contribution in [0.3, 0.4) is 0 Å². The highest BCUT2D eigenvalue weighted by atomic mass is 79.9. The molecule has 1 aromatic carbocycles. The Morgan fingerprint density at radius 3 is 2.53 bits per heavy atom. The van der Waals surface area contributed by atoms with E-state index in [4.69, 9.17) is 0 Å². The summed E-state index contributed by atoms with van der Waals surface area (Å²) in [6.45, 7) is 3.45. The summed E-state index contributed by atoms with van der Waals surface area (Å²) in [5, 5.41) is 0. The van der Waals surface area contributed by atoms with Gasteiger partial charge in [0, 0.05) is 36.3 Å². The number of carbonyl (C=O) groups is 1. The first-order valence-electron chi connectivity index (χ1n) is 4.99. The van der Waals surface area contributed by atoms with Crippen molar-refractivity contribution < 1.29 is 4.79 Å². The Bertz CT molecular complexity index is 348. The zero-order valence-corrected chi connectivity index (χ0v) is 9.98. The number of hydrogen-bond donors (Lipinski definition) is 0. The summed E-state index contributed by atoms with van der Waals surface area (Å²) in [5.41, 5.74) is 1.22. The zero-order valence-electron chi connectivity index (χ0n) is 8.40. The van der Waals surface area contributed by atoms with Gasteiger partial charge in [-0.15, -0.1) is 0 Å². The van der Waals surface area contributed by atoms with Gasteiger partial charge in [0.15, 0.2) is 0 Å². The van der Waals surface area contributed by atoms with Gasteiger partial charge in [-0.25, -0.2) is 0 Å². The van der Waals surface area contributed by atoms with Crippen LogP contribution in [0.5, 0.6) is 0 Å². The van der Waals surface area contributed by atoms with Crippen LogP contribution in [-0.4, -0.2) is 37.5 Å². The lowest BCUT2D eigenvalue weighted by atomic mass is 10.2. The van der Waals surface area contributed by atoms with Crippen LogP contribution in [0.1, 0.15) is 0 Å². The predicted molar refractivity (Wildman–Crippen MR) is 64.0 cm³/mol. The Balaban J connectivity index is 2.04. The zero-order chi connectivity index (χ0) is 10.7. The summed E-state index contributed by atoms with van der Waals surface area (Å²) in [6, 6.07) is 8.26. The number of amides is 1. The molecule has 1 fully saturated rings. The number of anilines is 1. The Morgan fingerprint density at radius 2 is 1.93 bits per heavy atom. The van der Waals surface area contributed by atoms with Crippen LogP contribution < -0.4 is 4.90 Å². The maximum absolute atomic E-state index is 10.6. The topological polar surface area (TPSA) is 23.6 Å². The highest BCUT2D eigenvalue weighted by molar-refractivity contribution is 9.10. The van der Waals surface area contributed by atoms with Gasteiger partial charge in [-0.2, -0.15) is 0 Å². The van der Waals surface area contributed by atoms with Crippen LogP contribution in [0, 0.1) is 0 Å². The number of halogens is 1. The second kappa shape index (κ2) is 4.66. The van der Waals surface area contributed by atoms with Crippen molar-refractivity contribution in [2.75, 3.05) is 31.1 Å². The first-order chi connectivity index (χ1) is 7.29. The smallest absolute Gasteiger partial charge is 0.209 e. The van der Waals surface area contributed by atoms with Crippen LogP contribution in [0.4, 0.5) is 5.69 Å². The van der Waals surface area contributed by atoms with Crippen molar-refractivity contribution in [3.63, 3.8) is 0 Å². The lowest BCUT2D eigenvalue weighted by Crippen LogP contribution is -2.45. The quantitative estimate of drug-likeness (QED) is 0.763. The van der Waals surface area contributed by atoms with Gasteiger partial charge in [0.05, 0.1) is 0 Å². The first-order valence-corrected chi connectivity index (χ1v) is 5.79. The highest BCUT2D eigenvalue weighted by Crippen LogP contribution is 2.20. The third-order valence-corrected chi connectivity index (χ3v) is 3.13. The molecule has 0 radical (unpaired) electrons. The molecule has 0 bridgehead atoms. The van der Waals surface area contributed by atoms with Gasteiger partial charge in [0.1, 0.15) is 0 Å². The Labute approximate surface area is 97.8 Å². The number of piperazine rings is 1. The van der Waals surface area contributed by atoms with Crippen molar-refractivity contribution in [3.05, 3.63) is 28.7 Å². The van der Waals surface area contributed by atoms with Crippen molar-refractivity contribution in [3.8, 4) is 0 Å². The molecule has 1 aromatic rings. The lowest BCUT2D eigenvalue weighted by Gasteiger charge is -2.34. The van der Waals surface area contributed by atoms with Crippen molar-refractivity contribution in [1.82, 2.24) is 4.90 Å².